The molecular formula is C12H24N2S. The molecule has 15 heavy (non-hydrogen) atoms. The van der Waals surface area contributed by atoms with Crippen molar-refractivity contribution in [2.24, 2.45) is 11.1 Å². The van der Waals surface area contributed by atoms with Crippen LogP contribution < -0.4 is 5.73 Å². The lowest BCUT2D eigenvalue weighted by Crippen LogP contribution is -2.36. The first kappa shape index (κ1) is 12.9. The van der Waals surface area contributed by atoms with Crippen molar-refractivity contribution >= 4 is 17.2 Å². The minimum absolute atomic E-state index is 0.434. The van der Waals surface area contributed by atoms with E-state index in [0.29, 0.717) is 16.4 Å². The van der Waals surface area contributed by atoms with Gasteiger partial charge in [0.15, 0.2) is 0 Å². The molecule has 3 heteroatoms. The van der Waals surface area contributed by atoms with Gasteiger partial charge >= 0.3 is 0 Å². The van der Waals surface area contributed by atoms with Gasteiger partial charge in [0.1, 0.15) is 0 Å². The normalized spacial score (nSPS) is 18.5. The summed E-state index contributed by atoms with van der Waals surface area (Å²) in [5, 5.41) is 0. The number of rotatable bonds is 7. The number of hydrogen-bond donors (Lipinski definition) is 1. The maximum atomic E-state index is 5.65. The van der Waals surface area contributed by atoms with E-state index in [0.717, 1.165) is 13.0 Å². The summed E-state index contributed by atoms with van der Waals surface area (Å²) in [6.45, 7) is 5.69. The molecule has 0 saturated heterocycles. The minimum atomic E-state index is 0.434. The Morgan fingerprint density at radius 2 is 1.93 bits per heavy atom. The molecule has 0 unspecified atom stereocenters. The van der Waals surface area contributed by atoms with E-state index in [2.05, 4.69) is 25.8 Å². The van der Waals surface area contributed by atoms with E-state index in [4.69, 9.17) is 18.0 Å². The van der Waals surface area contributed by atoms with Crippen molar-refractivity contribution in [3.63, 3.8) is 0 Å². The van der Waals surface area contributed by atoms with Crippen molar-refractivity contribution in [3.05, 3.63) is 0 Å². The number of nitrogens with zero attached hydrogens (tertiary/aromatic N) is 1. The van der Waals surface area contributed by atoms with Gasteiger partial charge in [0.2, 0.25) is 0 Å². The van der Waals surface area contributed by atoms with Crippen LogP contribution in [-0.4, -0.2) is 29.5 Å². The van der Waals surface area contributed by atoms with Gasteiger partial charge in [0.05, 0.1) is 4.99 Å². The third-order valence-corrected chi connectivity index (χ3v) is 3.80. The molecule has 0 aromatic heterocycles. The highest BCUT2D eigenvalue weighted by molar-refractivity contribution is 7.80. The summed E-state index contributed by atoms with van der Waals surface area (Å²) in [5.74, 6) is 0. The Labute approximate surface area is 99.2 Å². The van der Waals surface area contributed by atoms with Gasteiger partial charge in [0, 0.05) is 19.0 Å². The van der Waals surface area contributed by atoms with Crippen LogP contribution in [0.3, 0.4) is 0 Å². The van der Waals surface area contributed by atoms with E-state index < -0.39 is 0 Å². The highest BCUT2D eigenvalue weighted by Crippen LogP contribution is 2.49. The van der Waals surface area contributed by atoms with Crippen LogP contribution in [0.15, 0.2) is 0 Å². The summed E-state index contributed by atoms with van der Waals surface area (Å²) in [4.78, 5) is 3.18. The van der Waals surface area contributed by atoms with Crippen molar-refractivity contribution in [2.45, 2.75) is 52.0 Å². The van der Waals surface area contributed by atoms with Crippen molar-refractivity contribution in [1.82, 2.24) is 4.90 Å². The molecular weight excluding hydrogens is 204 g/mol. The van der Waals surface area contributed by atoms with Crippen LogP contribution in [0.5, 0.6) is 0 Å². The zero-order chi connectivity index (χ0) is 11.5. The molecule has 0 radical (unpaired) electrons. The molecule has 2 N–H and O–H groups in total. The van der Waals surface area contributed by atoms with Crippen molar-refractivity contribution < 1.29 is 0 Å². The summed E-state index contributed by atoms with van der Waals surface area (Å²) in [6.07, 6.45) is 6.00. The minimum Gasteiger partial charge on any atom is -0.393 e. The summed E-state index contributed by atoms with van der Waals surface area (Å²) < 4.78 is 0. The lowest BCUT2D eigenvalue weighted by atomic mass is 10.00. The van der Waals surface area contributed by atoms with Gasteiger partial charge in [-0.1, -0.05) is 26.1 Å². The molecule has 0 aliphatic heterocycles. The third-order valence-electron chi connectivity index (χ3n) is 3.66. The Morgan fingerprint density at radius 1 is 1.40 bits per heavy atom. The first-order valence-corrected chi connectivity index (χ1v) is 6.42. The van der Waals surface area contributed by atoms with Gasteiger partial charge in [-0.2, -0.15) is 0 Å². The molecule has 0 bridgehead atoms. The quantitative estimate of drug-likeness (QED) is 0.679. The van der Waals surface area contributed by atoms with Gasteiger partial charge < -0.3 is 10.6 Å². The second kappa shape index (κ2) is 5.26. The SMILES string of the molecule is CCC(CC)N(C)CC1(CC(N)=S)CC1. The molecule has 0 atom stereocenters. The molecule has 1 fully saturated rings. The van der Waals surface area contributed by atoms with E-state index in [9.17, 15) is 0 Å². The zero-order valence-electron chi connectivity index (χ0n) is 10.3. The molecule has 0 aromatic rings. The van der Waals surface area contributed by atoms with Crippen LogP contribution in [0, 0.1) is 5.41 Å². The summed E-state index contributed by atoms with van der Waals surface area (Å²) in [5.41, 5.74) is 6.08. The van der Waals surface area contributed by atoms with Crippen LogP contribution in [0.25, 0.3) is 0 Å². The molecule has 88 valence electrons. The number of nitrogens with two attached hydrogens (primary N) is 1. The summed E-state index contributed by atoms with van der Waals surface area (Å²) in [7, 11) is 2.23. The second-order valence-corrected chi connectivity index (χ2v) is 5.55. The number of hydrogen-bond acceptors (Lipinski definition) is 2. The Balaban J connectivity index is 2.43. The average molecular weight is 228 g/mol. The van der Waals surface area contributed by atoms with Crippen LogP contribution in [0.4, 0.5) is 0 Å². The smallest absolute Gasteiger partial charge is 0.0733 e. The van der Waals surface area contributed by atoms with E-state index in [-0.39, 0.29) is 0 Å². The molecule has 1 rings (SSSR count). The average Bonchev–Trinajstić information content (AvgIpc) is 2.85. The summed E-state index contributed by atoms with van der Waals surface area (Å²) >= 11 is 5.02. The Morgan fingerprint density at radius 3 is 2.27 bits per heavy atom. The topological polar surface area (TPSA) is 29.3 Å². The Kier molecular flexibility index (Phi) is 4.53. The van der Waals surface area contributed by atoms with Crippen LogP contribution in [0.1, 0.15) is 46.0 Å². The molecule has 0 spiro atoms. The second-order valence-electron chi connectivity index (χ2n) is 5.03. The first-order chi connectivity index (χ1) is 7.03. The van der Waals surface area contributed by atoms with Gasteiger partial charge in [-0.25, -0.2) is 0 Å². The Bertz CT molecular complexity index is 220. The third kappa shape index (κ3) is 3.72. The fourth-order valence-electron chi connectivity index (χ4n) is 2.51. The molecule has 2 nitrogen and oxygen atoms in total. The van der Waals surface area contributed by atoms with Gasteiger partial charge in [-0.05, 0) is 38.1 Å². The lowest BCUT2D eigenvalue weighted by Gasteiger charge is -2.30. The predicted molar refractivity (Wildman–Crippen MR) is 70.1 cm³/mol. The van der Waals surface area contributed by atoms with E-state index in [1.54, 1.807) is 0 Å². The highest BCUT2D eigenvalue weighted by Gasteiger charge is 2.44. The standard InChI is InChI=1S/C12H24N2S/c1-4-10(5-2)14(3)9-12(6-7-12)8-11(13)15/h10H,4-9H2,1-3H3,(H2,13,15). The van der Waals surface area contributed by atoms with Crippen LogP contribution in [-0.2, 0) is 0 Å². The van der Waals surface area contributed by atoms with Crippen molar-refractivity contribution in [3.8, 4) is 0 Å². The van der Waals surface area contributed by atoms with E-state index in [1.165, 1.54) is 25.7 Å². The van der Waals surface area contributed by atoms with Crippen LogP contribution in [0.2, 0.25) is 0 Å². The maximum Gasteiger partial charge on any atom is 0.0733 e. The lowest BCUT2D eigenvalue weighted by molar-refractivity contribution is 0.189. The van der Waals surface area contributed by atoms with Gasteiger partial charge in [-0.3, -0.25) is 0 Å². The van der Waals surface area contributed by atoms with Crippen molar-refractivity contribution in [1.29, 1.82) is 0 Å². The molecule has 0 amide bonds. The largest absolute Gasteiger partial charge is 0.393 e. The number of thiocarbonyl (C=S) groups is 1. The maximum absolute atomic E-state index is 5.65. The highest BCUT2D eigenvalue weighted by atomic mass is 32.1. The molecule has 1 aliphatic carbocycles. The zero-order valence-corrected chi connectivity index (χ0v) is 11.1. The fraction of sp³-hybridized carbons (Fsp3) is 0.917. The van der Waals surface area contributed by atoms with E-state index >= 15 is 0 Å². The first-order valence-electron chi connectivity index (χ1n) is 6.01. The fourth-order valence-corrected chi connectivity index (χ4v) is 2.81. The molecule has 1 saturated carbocycles. The van der Waals surface area contributed by atoms with Gasteiger partial charge in [-0.15, -0.1) is 0 Å². The Hall–Kier alpha value is -0.150. The van der Waals surface area contributed by atoms with Gasteiger partial charge in [0.25, 0.3) is 0 Å². The van der Waals surface area contributed by atoms with Crippen molar-refractivity contribution in [2.75, 3.05) is 13.6 Å². The molecule has 1 aliphatic rings. The van der Waals surface area contributed by atoms with E-state index in [1.807, 2.05) is 0 Å². The molecule has 0 heterocycles. The molecule has 0 aromatic carbocycles. The van der Waals surface area contributed by atoms with Crippen LogP contribution >= 0.6 is 12.2 Å². The monoisotopic (exact) mass is 228 g/mol. The predicted octanol–water partition coefficient (Wildman–Crippen LogP) is 2.56. The summed E-state index contributed by atoms with van der Waals surface area (Å²) in [6, 6.07) is 0.717.